The highest BCUT2D eigenvalue weighted by Crippen LogP contribution is 2.19. The summed E-state index contributed by atoms with van der Waals surface area (Å²) >= 11 is 0. The van der Waals surface area contributed by atoms with Crippen molar-refractivity contribution in [3.63, 3.8) is 0 Å². The minimum absolute atomic E-state index is 0.0920. The fraction of sp³-hybridized carbons (Fsp3) is 0.190. The Morgan fingerprint density at radius 2 is 1.84 bits per heavy atom. The van der Waals surface area contributed by atoms with Crippen molar-refractivity contribution in [3.8, 4) is 0 Å². The third-order valence-electron chi connectivity index (χ3n) is 4.35. The van der Waals surface area contributed by atoms with Gasteiger partial charge in [0.1, 0.15) is 6.42 Å². The Bertz CT molecular complexity index is 1110. The van der Waals surface area contributed by atoms with E-state index < -0.39 is 36.2 Å². The minimum atomic E-state index is -1.09. The van der Waals surface area contributed by atoms with Gasteiger partial charge in [-0.1, -0.05) is 12.1 Å². The average molecular weight is 421 g/mol. The van der Waals surface area contributed by atoms with Gasteiger partial charge in [0.15, 0.2) is 6.04 Å². The minimum Gasteiger partial charge on any atom is -0.478 e. The van der Waals surface area contributed by atoms with E-state index in [2.05, 4.69) is 20.6 Å². The second-order valence-electron chi connectivity index (χ2n) is 6.85. The molecule has 2 aromatic carbocycles. The summed E-state index contributed by atoms with van der Waals surface area (Å²) in [7, 11) is 0. The smallest absolute Gasteiger partial charge is 0.335 e. The Morgan fingerprint density at radius 3 is 2.48 bits per heavy atom. The van der Waals surface area contributed by atoms with Crippen LogP contribution < -0.4 is 5.32 Å². The fourth-order valence-electron chi connectivity index (χ4n) is 2.80. The first-order valence-corrected chi connectivity index (χ1v) is 9.27. The Morgan fingerprint density at radius 1 is 1.13 bits per heavy atom. The number of aryl methyl sites for hydroxylation is 1. The molecule has 31 heavy (non-hydrogen) atoms. The summed E-state index contributed by atoms with van der Waals surface area (Å²) in [6, 6.07) is 11.6. The molecule has 3 rings (SSSR count). The van der Waals surface area contributed by atoms with Crippen LogP contribution in [0.5, 0.6) is 0 Å². The van der Waals surface area contributed by atoms with Crippen molar-refractivity contribution in [2.24, 2.45) is 15.3 Å². The number of hydrazone groups is 1. The zero-order valence-electron chi connectivity index (χ0n) is 16.8. The first-order chi connectivity index (χ1) is 14.7. The van der Waals surface area contributed by atoms with Crippen LogP contribution >= 0.6 is 0 Å². The summed E-state index contributed by atoms with van der Waals surface area (Å²) in [6.07, 6.45) is -0.559. The van der Waals surface area contributed by atoms with Crippen molar-refractivity contribution in [3.05, 3.63) is 59.7 Å². The van der Waals surface area contributed by atoms with Crippen LogP contribution in [0.1, 0.15) is 29.3 Å². The summed E-state index contributed by atoms with van der Waals surface area (Å²) in [5, 5.41) is 23.9. The van der Waals surface area contributed by atoms with Crippen LogP contribution in [0.2, 0.25) is 0 Å². The highest BCUT2D eigenvalue weighted by Gasteiger charge is 2.38. The number of nitrogens with one attached hydrogen (secondary N) is 1. The monoisotopic (exact) mass is 421 g/mol. The molecule has 0 spiro atoms. The molecule has 1 aliphatic rings. The third kappa shape index (κ3) is 5.24. The maximum atomic E-state index is 12.5. The number of carboxylic acids is 1. The van der Waals surface area contributed by atoms with Gasteiger partial charge in [0.2, 0.25) is 5.91 Å². The van der Waals surface area contributed by atoms with E-state index >= 15 is 0 Å². The Kier molecular flexibility index (Phi) is 6.29. The molecule has 1 aliphatic heterocycles. The molecule has 1 heterocycles. The van der Waals surface area contributed by atoms with Crippen LogP contribution in [0.3, 0.4) is 0 Å². The summed E-state index contributed by atoms with van der Waals surface area (Å²) < 4.78 is 0. The van der Waals surface area contributed by atoms with E-state index in [9.17, 15) is 19.2 Å². The molecule has 3 amide bonds. The maximum Gasteiger partial charge on any atom is 0.335 e. The van der Waals surface area contributed by atoms with Gasteiger partial charge in [-0.2, -0.15) is 20.3 Å². The van der Waals surface area contributed by atoms with Crippen molar-refractivity contribution >= 4 is 40.8 Å². The number of hydrogen-bond donors (Lipinski definition) is 2. The lowest BCUT2D eigenvalue weighted by Crippen LogP contribution is -2.36. The zero-order chi connectivity index (χ0) is 22.5. The second-order valence-corrected chi connectivity index (χ2v) is 6.85. The lowest BCUT2D eigenvalue weighted by atomic mass is 10.2. The molecule has 0 radical (unpaired) electrons. The molecule has 0 unspecified atom stereocenters. The molecule has 158 valence electrons. The quantitative estimate of drug-likeness (QED) is 0.545. The lowest BCUT2D eigenvalue weighted by molar-refractivity contribution is -0.144. The Hall–Kier alpha value is -4.21. The molecule has 0 aliphatic carbocycles. The number of nitrogens with zero attached hydrogens (tertiary/aromatic N) is 4. The zero-order valence-corrected chi connectivity index (χ0v) is 16.8. The summed E-state index contributed by atoms with van der Waals surface area (Å²) in [5.41, 5.74) is 2.18. The molecular weight excluding hydrogens is 402 g/mol. The molecular formula is C21H19N5O5. The van der Waals surface area contributed by atoms with Crippen LogP contribution in [0.15, 0.2) is 63.9 Å². The molecule has 1 atom stereocenters. The van der Waals surface area contributed by atoms with Gasteiger partial charge in [0.25, 0.3) is 11.8 Å². The predicted molar refractivity (Wildman–Crippen MR) is 111 cm³/mol. The molecule has 10 nitrogen and oxygen atoms in total. The van der Waals surface area contributed by atoms with E-state index in [4.69, 9.17) is 5.11 Å². The molecule has 0 fully saturated rings. The van der Waals surface area contributed by atoms with Crippen LogP contribution in [0, 0.1) is 6.92 Å². The summed E-state index contributed by atoms with van der Waals surface area (Å²) in [6.45, 7) is 3.39. The molecule has 2 N–H and O–H groups in total. The molecule has 10 heteroatoms. The van der Waals surface area contributed by atoms with Crippen molar-refractivity contribution in [2.75, 3.05) is 5.32 Å². The number of benzene rings is 2. The number of azo groups is 1. The first kappa shape index (κ1) is 21.5. The van der Waals surface area contributed by atoms with Gasteiger partial charge >= 0.3 is 5.97 Å². The summed E-state index contributed by atoms with van der Waals surface area (Å²) in [5.74, 6) is -3.13. The number of aromatic carboxylic acids is 1. The number of carbonyl (C=O) groups excluding carboxylic acids is 3. The fourth-order valence-corrected chi connectivity index (χ4v) is 2.80. The number of carboxylic acid groups (broad SMARTS) is 1. The van der Waals surface area contributed by atoms with Crippen LogP contribution in [-0.2, 0) is 14.4 Å². The van der Waals surface area contributed by atoms with Crippen LogP contribution in [-0.4, -0.2) is 45.6 Å². The predicted octanol–water partition coefficient (Wildman–Crippen LogP) is 2.92. The number of rotatable bonds is 6. The Labute approximate surface area is 177 Å². The standard InChI is InChI=1S/C21H19N5O5/c1-12-4-3-5-16(10-12)22-17(27)11-18(28)26-20(29)19(13(2)25-26)24-23-15-8-6-14(7-9-15)21(30)31/h3-10,19H,11H2,1-2H3,(H,22,27)(H,30,31)/t19-/m0/s1. The normalized spacial score (nSPS) is 15.8. The van der Waals surface area contributed by atoms with Crippen molar-refractivity contribution < 1.29 is 24.3 Å². The number of anilines is 1. The van der Waals surface area contributed by atoms with Crippen LogP contribution in [0.25, 0.3) is 0 Å². The van der Waals surface area contributed by atoms with E-state index in [1.54, 1.807) is 18.2 Å². The third-order valence-corrected chi connectivity index (χ3v) is 4.35. The molecule has 0 saturated carbocycles. The number of imide groups is 1. The summed E-state index contributed by atoms with van der Waals surface area (Å²) in [4.78, 5) is 48.0. The van der Waals surface area contributed by atoms with Gasteiger partial charge in [-0.25, -0.2) is 4.79 Å². The van der Waals surface area contributed by atoms with E-state index in [0.717, 1.165) is 5.56 Å². The van der Waals surface area contributed by atoms with E-state index in [0.29, 0.717) is 16.4 Å². The molecule has 2 aromatic rings. The maximum absolute atomic E-state index is 12.5. The van der Waals surface area contributed by atoms with Gasteiger partial charge in [-0.15, -0.1) is 0 Å². The Balaban J connectivity index is 1.62. The van der Waals surface area contributed by atoms with E-state index in [1.807, 2.05) is 13.0 Å². The second kappa shape index (κ2) is 9.08. The van der Waals surface area contributed by atoms with Crippen molar-refractivity contribution in [1.29, 1.82) is 0 Å². The average Bonchev–Trinajstić information content (AvgIpc) is 3.00. The van der Waals surface area contributed by atoms with Gasteiger partial charge in [-0.05, 0) is 55.8 Å². The van der Waals surface area contributed by atoms with Gasteiger partial charge in [-0.3, -0.25) is 14.4 Å². The topological polar surface area (TPSA) is 141 Å². The largest absolute Gasteiger partial charge is 0.478 e. The van der Waals surface area contributed by atoms with Gasteiger partial charge < -0.3 is 10.4 Å². The van der Waals surface area contributed by atoms with Crippen molar-refractivity contribution in [1.82, 2.24) is 5.01 Å². The number of hydrogen-bond acceptors (Lipinski definition) is 7. The highest BCUT2D eigenvalue weighted by atomic mass is 16.4. The van der Waals surface area contributed by atoms with Gasteiger partial charge in [0, 0.05) is 5.69 Å². The van der Waals surface area contributed by atoms with E-state index in [-0.39, 0.29) is 11.3 Å². The SMILES string of the molecule is CC1=NN(C(=O)CC(=O)Nc2cccc(C)c2)C(=O)[C@H]1N=Nc1ccc(C(=O)O)cc1. The molecule has 0 aromatic heterocycles. The van der Waals surface area contributed by atoms with E-state index in [1.165, 1.54) is 31.2 Å². The number of amides is 3. The molecule has 0 bridgehead atoms. The van der Waals surface area contributed by atoms with Crippen molar-refractivity contribution in [2.45, 2.75) is 26.3 Å². The highest BCUT2D eigenvalue weighted by molar-refractivity contribution is 6.18. The first-order valence-electron chi connectivity index (χ1n) is 9.27. The number of carbonyl (C=O) groups is 4. The lowest BCUT2D eigenvalue weighted by Gasteiger charge is -2.11. The van der Waals surface area contributed by atoms with Gasteiger partial charge in [0.05, 0.1) is 17.0 Å². The van der Waals surface area contributed by atoms with Crippen LogP contribution in [0.4, 0.5) is 11.4 Å². The molecule has 0 saturated heterocycles.